The predicted molar refractivity (Wildman–Crippen MR) is 92.2 cm³/mol. The van der Waals surface area contributed by atoms with Gasteiger partial charge in [-0.25, -0.2) is 4.68 Å². The third kappa shape index (κ3) is 2.39. The fourth-order valence-corrected chi connectivity index (χ4v) is 3.29. The largest absolute Gasteiger partial charge is 0.360 e. The van der Waals surface area contributed by atoms with Gasteiger partial charge in [0.25, 0.3) is 11.5 Å². The summed E-state index contributed by atoms with van der Waals surface area (Å²) in [5.74, 6) is 0.370. The van der Waals surface area contributed by atoms with E-state index in [1.807, 2.05) is 30.3 Å². The predicted octanol–water partition coefficient (Wildman–Crippen LogP) is 2.21. The van der Waals surface area contributed by atoms with Gasteiger partial charge in [0.1, 0.15) is 11.4 Å². The molecular formula is C18H18N4O3. The molecule has 128 valence electrons. The van der Waals surface area contributed by atoms with Gasteiger partial charge in [-0.1, -0.05) is 23.4 Å². The van der Waals surface area contributed by atoms with Crippen LogP contribution in [0, 0.1) is 6.92 Å². The molecule has 0 aliphatic heterocycles. The average molecular weight is 338 g/mol. The van der Waals surface area contributed by atoms with Crippen LogP contribution < -0.4 is 10.9 Å². The van der Waals surface area contributed by atoms with Crippen LogP contribution in [0.3, 0.4) is 0 Å². The molecule has 0 saturated heterocycles. The molecule has 2 aromatic heterocycles. The second-order valence-corrected chi connectivity index (χ2v) is 6.18. The molecular weight excluding hydrogens is 320 g/mol. The third-order valence-electron chi connectivity index (χ3n) is 4.71. The molecule has 4 rings (SSSR count). The Morgan fingerprint density at radius 1 is 1.24 bits per heavy atom. The highest BCUT2D eigenvalue weighted by atomic mass is 16.5. The highest BCUT2D eigenvalue weighted by molar-refractivity contribution is 6.04. The summed E-state index contributed by atoms with van der Waals surface area (Å²) in [4.78, 5) is 25.4. The summed E-state index contributed by atoms with van der Waals surface area (Å²) in [6.07, 6.45) is 2.55. The fourth-order valence-electron chi connectivity index (χ4n) is 3.29. The summed E-state index contributed by atoms with van der Waals surface area (Å²) < 4.78 is 8.47. The maximum Gasteiger partial charge on any atom is 0.295 e. The minimum Gasteiger partial charge on any atom is -0.360 e. The maximum atomic E-state index is 12.8. The number of nitrogens with one attached hydrogen (secondary N) is 1. The molecule has 1 amide bonds. The zero-order valence-corrected chi connectivity index (χ0v) is 14.1. The third-order valence-corrected chi connectivity index (χ3v) is 4.71. The molecule has 1 aromatic carbocycles. The van der Waals surface area contributed by atoms with Crippen LogP contribution in [0.5, 0.6) is 0 Å². The van der Waals surface area contributed by atoms with E-state index in [0.29, 0.717) is 5.69 Å². The molecule has 0 saturated carbocycles. The molecule has 7 nitrogen and oxygen atoms in total. The minimum absolute atomic E-state index is 0.256. The zero-order chi connectivity index (χ0) is 17.6. The topological polar surface area (TPSA) is 82.1 Å². The molecule has 0 radical (unpaired) electrons. The summed E-state index contributed by atoms with van der Waals surface area (Å²) in [6, 6.07) is 9.30. The Hall–Kier alpha value is -3.09. The molecule has 7 heteroatoms. The number of para-hydroxylation sites is 1. The summed E-state index contributed by atoms with van der Waals surface area (Å²) in [5.41, 5.74) is 2.52. The smallest absolute Gasteiger partial charge is 0.295 e. The Morgan fingerprint density at radius 3 is 2.76 bits per heavy atom. The van der Waals surface area contributed by atoms with E-state index in [9.17, 15) is 9.59 Å². The fraction of sp³-hybridized carbons (Fsp3) is 0.278. The number of rotatable bonds is 3. The first-order chi connectivity index (χ1) is 12.1. The number of hydrogen-bond acceptors (Lipinski definition) is 4. The number of carbonyl (C=O) groups is 1. The van der Waals surface area contributed by atoms with E-state index in [-0.39, 0.29) is 16.9 Å². The minimum atomic E-state index is -0.405. The molecule has 25 heavy (non-hydrogen) atoms. The van der Waals surface area contributed by atoms with Crippen molar-refractivity contribution in [3.63, 3.8) is 0 Å². The van der Waals surface area contributed by atoms with E-state index >= 15 is 0 Å². The van der Waals surface area contributed by atoms with Gasteiger partial charge in [-0.2, -0.15) is 0 Å². The molecule has 1 aliphatic carbocycles. The first-order valence-electron chi connectivity index (χ1n) is 8.20. The summed E-state index contributed by atoms with van der Waals surface area (Å²) in [6.45, 7) is 1.80. The molecule has 0 bridgehead atoms. The van der Waals surface area contributed by atoms with Crippen molar-refractivity contribution in [2.45, 2.75) is 26.2 Å². The second-order valence-electron chi connectivity index (χ2n) is 6.18. The maximum absolute atomic E-state index is 12.8. The summed E-state index contributed by atoms with van der Waals surface area (Å²) >= 11 is 0. The van der Waals surface area contributed by atoms with Crippen molar-refractivity contribution >= 4 is 11.6 Å². The van der Waals surface area contributed by atoms with Gasteiger partial charge in [-0.3, -0.25) is 14.3 Å². The Bertz CT molecular complexity index is 1010. The van der Waals surface area contributed by atoms with Crippen LogP contribution in [-0.4, -0.2) is 20.4 Å². The lowest BCUT2D eigenvalue weighted by molar-refractivity contribution is 0.101. The molecule has 0 unspecified atom stereocenters. The van der Waals surface area contributed by atoms with Crippen LogP contribution in [0.25, 0.3) is 5.69 Å². The molecule has 1 aliphatic rings. The van der Waals surface area contributed by atoms with Crippen LogP contribution in [-0.2, 0) is 19.9 Å². The van der Waals surface area contributed by atoms with Gasteiger partial charge in [0.15, 0.2) is 5.69 Å². The highest BCUT2D eigenvalue weighted by Gasteiger charge is 2.27. The van der Waals surface area contributed by atoms with Crippen molar-refractivity contribution in [1.82, 2.24) is 14.5 Å². The Morgan fingerprint density at radius 2 is 2.00 bits per heavy atom. The SMILES string of the molecule is Cc1c(NC(=O)c2noc3c2CCC3)c(=O)n(-c2ccccc2)n1C. The monoisotopic (exact) mass is 338 g/mol. The first-order valence-corrected chi connectivity index (χ1v) is 8.20. The van der Waals surface area contributed by atoms with Gasteiger partial charge in [-0.15, -0.1) is 0 Å². The standard InChI is InChI=1S/C18H18N4O3/c1-11-15(18(24)22(21(11)2)12-7-4-3-5-8-12)19-17(23)16-13-9-6-10-14(13)25-20-16/h3-5,7-8H,6,9-10H2,1-2H3,(H,19,23). The first kappa shape index (κ1) is 15.4. The summed E-state index contributed by atoms with van der Waals surface area (Å²) in [7, 11) is 1.78. The van der Waals surface area contributed by atoms with Crippen molar-refractivity contribution in [2.75, 3.05) is 5.32 Å². The van der Waals surface area contributed by atoms with Crippen molar-refractivity contribution in [2.24, 2.45) is 7.05 Å². The lowest BCUT2D eigenvalue weighted by Crippen LogP contribution is -2.23. The van der Waals surface area contributed by atoms with E-state index in [0.717, 1.165) is 36.3 Å². The lowest BCUT2D eigenvalue weighted by Gasteiger charge is -2.07. The van der Waals surface area contributed by atoms with Gasteiger partial charge in [0.05, 0.1) is 11.4 Å². The van der Waals surface area contributed by atoms with Crippen LogP contribution in [0.4, 0.5) is 5.69 Å². The molecule has 2 heterocycles. The van der Waals surface area contributed by atoms with E-state index in [1.165, 1.54) is 4.68 Å². The van der Waals surface area contributed by atoms with Crippen molar-refractivity contribution in [3.05, 3.63) is 63.4 Å². The number of fused-ring (bicyclic) bond motifs is 1. The zero-order valence-electron chi connectivity index (χ0n) is 14.1. The molecule has 1 N–H and O–H groups in total. The highest BCUT2D eigenvalue weighted by Crippen LogP contribution is 2.25. The summed E-state index contributed by atoms with van der Waals surface area (Å²) in [5, 5.41) is 6.60. The lowest BCUT2D eigenvalue weighted by atomic mass is 10.2. The number of hydrogen-bond donors (Lipinski definition) is 1. The number of amides is 1. The molecule has 0 atom stereocenters. The number of carbonyl (C=O) groups excluding carboxylic acids is 1. The van der Waals surface area contributed by atoms with Gasteiger partial charge in [0.2, 0.25) is 0 Å². The van der Waals surface area contributed by atoms with E-state index in [1.54, 1.807) is 18.7 Å². The van der Waals surface area contributed by atoms with Gasteiger partial charge < -0.3 is 9.84 Å². The van der Waals surface area contributed by atoms with Crippen molar-refractivity contribution in [3.8, 4) is 5.69 Å². The van der Waals surface area contributed by atoms with Gasteiger partial charge >= 0.3 is 0 Å². The van der Waals surface area contributed by atoms with Crippen molar-refractivity contribution < 1.29 is 9.32 Å². The van der Waals surface area contributed by atoms with Crippen LogP contribution >= 0.6 is 0 Å². The molecule has 3 aromatic rings. The number of benzene rings is 1. The van der Waals surface area contributed by atoms with Crippen LogP contribution in [0.2, 0.25) is 0 Å². The average Bonchev–Trinajstić information content (AvgIpc) is 3.27. The number of aromatic nitrogens is 3. The van der Waals surface area contributed by atoms with E-state index in [4.69, 9.17) is 4.52 Å². The molecule has 0 spiro atoms. The van der Waals surface area contributed by atoms with E-state index in [2.05, 4.69) is 10.5 Å². The van der Waals surface area contributed by atoms with E-state index < -0.39 is 5.91 Å². The quantitative estimate of drug-likeness (QED) is 0.794. The number of aryl methyl sites for hydroxylation is 1. The number of anilines is 1. The van der Waals surface area contributed by atoms with Crippen LogP contribution in [0.15, 0.2) is 39.6 Å². The normalized spacial score (nSPS) is 13.0. The van der Waals surface area contributed by atoms with Crippen molar-refractivity contribution in [1.29, 1.82) is 0 Å². The van der Waals surface area contributed by atoms with Gasteiger partial charge in [-0.05, 0) is 31.9 Å². The van der Waals surface area contributed by atoms with Gasteiger partial charge in [0, 0.05) is 19.0 Å². The Kier molecular flexibility index (Phi) is 3.56. The Labute approximate surface area is 143 Å². The second kappa shape index (κ2) is 5.77. The Balaban J connectivity index is 1.72. The van der Waals surface area contributed by atoms with Crippen LogP contribution in [0.1, 0.15) is 33.9 Å². The number of nitrogens with zero attached hydrogens (tertiary/aromatic N) is 3. The molecule has 0 fully saturated rings.